The molecule has 124 valence electrons. The highest BCUT2D eigenvalue weighted by Gasteiger charge is 2.33. The third kappa shape index (κ3) is 3.95. The molecule has 1 fully saturated rings. The Labute approximate surface area is 135 Å². The van der Waals surface area contributed by atoms with E-state index in [1.807, 2.05) is 37.9 Å². The molecule has 23 heavy (non-hydrogen) atoms. The van der Waals surface area contributed by atoms with E-state index in [-0.39, 0.29) is 24.2 Å². The maximum absolute atomic E-state index is 12.5. The van der Waals surface area contributed by atoms with Crippen molar-refractivity contribution >= 4 is 5.91 Å². The smallest absolute Gasteiger partial charge is 0.244 e. The van der Waals surface area contributed by atoms with Crippen LogP contribution in [0.4, 0.5) is 0 Å². The average Bonchev–Trinajstić information content (AvgIpc) is 3.09. The molecular weight excluding hydrogens is 296 g/mol. The predicted octanol–water partition coefficient (Wildman–Crippen LogP) is 0.549. The van der Waals surface area contributed by atoms with Crippen molar-refractivity contribution < 1.29 is 9.53 Å². The van der Waals surface area contributed by atoms with Gasteiger partial charge >= 0.3 is 0 Å². The van der Waals surface area contributed by atoms with Crippen molar-refractivity contribution in [2.45, 2.75) is 45.6 Å². The van der Waals surface area contributed by atoms with Crippen LogP contribution in [0.2, 0.25) is 0 Å². The number of morpholine rings is 1. The lowest BCUT2D eigenvalue weighted by atomic mass is 10.1. The van der Waals surface area contributed by atoms with Gasteiger partial charge in [-0.3, -0.25) is 9.48 Å². The van der Waals surface area contributed by atoms with Crippen LogP contribution in [0.25, 0.3) is 0 Å². The van der Waals surface area contributed by atoms with E-state index in [9.17, 15) is 4.79 Å². The SMILES string of the molecule is C[C@H]1CN(C(=O)Cn2cc(Cn3cccn3)nn2)CC(C)(C)O1. The van der Waals surface area contributed by atoms with Gasteiger partial charge in [-0.15, -0.1) is 5.10 Å². The van der Waals surface area contributed by atoms with Gasteiger partial charge in [0.05, 0.1) is 24.4 Å². The lowest BCUT2D eigenvalue weighted by Gasteiger charge is -2.41. The highest BCUT2D eigenvalue weighted by Crippen LogP contribution is 2.20. The largest absolute Gasteiger partial charge is 0.369 e. The summed E-state index contributed by atoms with van der Waals surface area (Å²) in [4.78, 5) is 14.3. The number of aromatic nitrogens is 5. The average molecular weight is 318 g/mol. The van der Waals surface area contributed by atoms with E-state index in [0.29, 0.717) is 19.6 Å². The zero-order valence-corrected chi connectivity index (χ0v) is 13.7. The first-order chi connectivity index (χ1) is 10.9. The molecule has 1 aliphatic rings. The molecular formula is C15H22N6O2. The van der Waals surface area contributed by atoms with E-state index in [0.717, 1.165) is 5.69 Å². The van der Waals surface area contributed by atoms with E-state index >= 15 is 0 Å². The Morgan fingerprint density at radius 3 is 2.96 bits per heavy atom. The fourth-order valence-electron chi connectivity index (χ4n) is 2.93. The van der Waals surface area contributed by atoms with Crippen LogP contribution in [0.1, 0.15) is 26.5 Å². The van der Waals surface area contributed by atoms with Gasteiger partial charge in [0, 0.05) is 25.5 Å². The number of rotatable bonds is 4. The first kappa shape index (κ1) is 15.7. The number of carbonyl (C=O) groups excluding carboxylic acids is 1. The second-order valence-corrected chi connectivity index (χ2v) is 6.57. The highest BCUT2D eigenvalue weighted by atomic mass is 16.5. The Morgan fingerprint density at radius 1 is 1.43 bits per heavy atom. The molecule has 0 radical (unpaired) electrons. The van der Waals surface area contributed by atoms with Crippen LogP contribution < -0.4 is 0 Å². The monoisotopic (exact) mass is 318 g/mol. The van der Waals surface area contributed by atoms with E-state index in [1.165, 1.54) is 0 Å². The summed E-state index contributed by atoms with van der Waals surface area (Å²) < 4.78 is 9.17. The Balaban J connectivity index is 1.60. The van der Waals surface area contributed by atoms with Gasteiger partial charge in [-0.25, -0.2) is 4.68 Å². The third-order valence-corrected chi connectivity index (χ3v) is 3.69. The molecule has 8 nitrogen and oxygen atoms in total. The summed E-state index contributed by atoms with van der Waals surface area (Å²) >= 11 is 0. The van der Waals surface area contributed by atoms with Crippen molar-refractivity contribution in [3.8, 4) is 0 Å². The number of carbonyl (C=O) groups is 1. The Kier molecular flexibility index (Phi) is 4.16. The van der Waals surface area contributed by atoms with E-state index in [2.05, 4.69) is 15.4 Å². The van der Waals surface area contributed by atoms with Crippen molar-refractivity contribution in [3.63, 3.8) is 0 Å². The molecule has 1 saturated heterocycles. The van der Waals surface area contributed by atoms with Gasteiger partial charge in [-0.2, -0.15) is 5.10 Å². The van der Waals surface area contributed by atoms with Gasteiger partial charge in [0.2, 0.25) is 5.91 Å². The molecule has 3 heterocycles. The molecule has 0 aromatic carbocycles. The number of amides is 1. The first-order valence-corrected chi connectivity index (χ1v) is 7.73. The molecule has 0 bridgehead atoms. The van der Waals surface area contributed by atoms with Crippen LogP contribution in [0.3, 0.4) is 0 Å². The number of hydrogen-bond donors (Lipinski definition) is 0. The van der Waals surface area contributed by atoms with Crippen molar-refractivity contribution in [2.24, 2.45) is 0 Å². The highest BCUT2D eigenvalue weighted by molar-refractivity contribution is 5.76. The fraction of sp³-hybridized carbons (Fsp3) is 0.600. The summed E-state index contributed by atoms with van der Waals surface area (Å²) in [5.74, 6) is 0.0313. The minimum absolute atomic E-state index is 0.0313. The van der Waals surface area contributed by atoms with Crippen molar-refractivity contribution in [3.05, 3.63) is 30.4 Å². The van der Waals surface area contributed by atoms with Crippen LogP contribution in [0.5, 0.6) is 0 Å². The Morgan fingerprint density at radius 2 is 2.26 bits per heavy atom. The summed E-state index contributed by atoms with van der Waals surface area (Å²) in [6, 6.07) is 1.86. The minimum atomic E-state index is -0.319. The fourth-order valence-corrected chi connectivity index (χ4v) is 2.93. The summed E-state index contributed by atoms with van der Waals surface area (Å²) in [5.41, 5.74) is 0.457. The van der Waals surface area contributed by atoms with Gasteiger partial charge in [0.1, 0.15) is 12.2 Å². The number of ether oxygens (including phenoxy) is 1. The Hall–Kier alpha value is -2.22. The maximum atomic E-state index is 12.5. The maximum Gasteiger partial charge on any atom is 0.244 e. The van der Waals surface area contributed by atoms with Crippen LogP contribution in [0.15, 0.2) is 24.7 Å². The molecule has 0 unspecified atom stereocenters. The summed E-state index contributed by atoms with van der Waals surface area (Å²) in [5, 5.41) is 12.3. The molecule has 2 aromatic heterocycles. The number of nitrogens with zero attached hydrogens (tertiary/aromatic N) is 6. The molecule has 8 heteroatoms. The summed E-state index contributed by atoms with van der Waals surface area (Å²) in [6.45, 7) is 7.92. The molecule has 0 spiro atoms. The van der Waals surface area contributed by atoms with Crippen LogP contribution in [-0.4, -0.2) is 60.4 Å². The van der Waals surface area contributed by atoms with Gasteiger partial charge < -0.3 is 9.64 Å². The van der Waals surface area contributed by atoms with E-state index in [1.54, 1.807) is 21.8 Å². The zero-order valence-electron chi connectivity index (χ0n) is 13.7. The Bertz CT molecular complexity index is 663. The first-order valence-electron chi connectivity index (χ1n) is 7.73. The quantitative estimate of drug-likeness (QED) is 0.822. The molecule has 1 aliphatic heterocycles. The van der Waals surface area contributed by atoms with Crippen LogP contribution in [-0.2, 0) is 22.6 Å². The third-order valence-electron chi connectivity index (χ3n) is 3.69. The second kappa shape index (κ2) is 6.11. The number of hydrogen-bond acceptors (Lipinski definition) is 5. The van der Waals surface area contributed by atoms with Crippen LogP contribution >= 0.6 is 0 Å². The van der Waals surface area contributed by atoms with Crippen LogP contribution in [0, 0.1) is 0 Å². The lowest BCUT2D eigenvalue weighted by Crippen LogP contribution is -2.54. The lowest BCUT2D eigenvalue weighted by molar-refractivity contribution is -0.158. The molecule has 2 aromatic rings. The normalized spacial score (nSPS) is 20.7. The topological polar surface area (TPSA) is 78.1 Å². The van der Waals surface area contributed by atoms with Crippen molar-refractivity contribution in [2.75, 3.05) is 13.1 Å². The minimum Gasteiger partial charge on any atom is -0.369 e. The van der Waals surface area contributed by atoms with Gasteiger partial charge in [-0.05, 0) is 26.8 Å². The second-order valence-electron chi connectivity index (χ2n) is 6.57. The van der Waals surface area contributed by atoms with Gasteiger partial charge in [0.15, 0.2) is 0 Å². The summed E-state index contributed by atoms with van der Waals surface area (Å²) in [6.07, 6.45) is 5.40. The molecule has 1 atom stereocenters. The van der Waals surface area contributed by atoms with Gasteiger partial charge in [-0.1, -0.05) is 5.21 Å². The van der Waals surface area contributed by atoms with E-state index in [4.69, 9.17) is 4.74 Å². The molecule has 0 saturated carbocycles. The molecule has 1 amide bonds. The molecule has 3 rings (SSSR count). The zero-order chi connectivity index (χ0) is 16.4. The standard InChI is InChI=1S/C15H22N6O2/c1-12-7-19(11-15(2,3)23-12)14(22)10-21-9-13(17-18-21)8-20-6-4-5-16-20/h4-6,9,12H,7-8,10-11H2,1-3H3/t12-/m0/s1. The predicted molar refractivity (Wildman–Crippen MR) is 82.6 cm³/mol. The van der Waals surface area contributed by atoms with Gasteiger partial charge in [0.25, 0.3) is 0 Å². The summed E-state index contributed by atoms with van der Waals surface area (Å²) in [7, 11) is 0. The molecule has 0 N–H and O–H groups in total. The van der Waals surface area contributed by atoms with E-state index < -0.39 is 0 Å². The van der Waals surface area contributed by atoms with Crippen molar-refractivity contribution in [1.29, 1.82) is 0 Å². The molecule has 0 aliphatic carbocycles. The van der Waals surface area contributed by atoms with Crippen molar-refractivity contribution in [1.82, 2.24) is 29.7 Å².